The monoisotopic (exact) mass is 339 g/mol. The molecule has 0 radical (unpaired) electrons. The number of aryl methyl sites for hydroxylation is 2. The molecule has 0 unspecified atom stereocenters. The SMILES string of the molecule is CCn1nc(C)c(Br)c1CNCCc1cccc(F)c1. The third kappa shape index (κ3) is 3.67. The Balaban J connectivity index is 1.87. The molecule has 2 aromatic rings. The lowest BCUT2D eigenvalue weighted by atomic mass is 10.1. The molecule has 0 atom stereocenters. The van der Waals surface area contributed by atoms with Crippen molar-refractivity contribution in [2.45, 2.75) is 33.4 Å². The van der Waals surface area contributed by atoms with Crippen molar-refractivity contribution in [1.82, 2.24) is 15.1 Å². The summed E-state index contributed by atoms with van der Waals surface area (Å²) in [6.45, 7) is 6.49. The molecule has 0 aliphatic heterocycles. The number of rotatable bonds is 6. The van der Waals surface area contributed by atoms with E-state index in [1.807, 2.05) is 17.7 Å². The number of aromatic nitrogens is 2. The molecule has 1 aromatic carbocycles. The van der Waals surface area contributed by atoms with Crippen LogP contribution in [-0.2, 0) is 19.5 Å². The number of hydrogen-bond acceptors (Lipinski definition) is 2. The third-order valence-electron chi connectivity index (χ3n) is 3.22. The maximum Gasteiger partial charge on any atom is 0.123 e. The third-order valence-corrected chi connectivity index (χ3v) is 4.26. The van der Waals surface area contributed by atoms with Crippen LogP contribution < -0.4 is 5.32 Å². The van der Waals surface area contributed by atoms with Crippen LogP contribution in [-0.4, -0.2) is 16.3 Å². The van der Waals surface area contributed by atoms with Gasteiger partial charge in [0, 0.05) is 13.1 Å². The fourth-order valence-electron chi connectivity index (χ4n) is 2.17. The lowest BCUT2D eigenvalue weighted by Crippen LogP contribution is -2.19. The average molecular weight is 340 g/mol. The summed E-state index contributed by atoms with van der Waals surface area (Å²) in [5, 5.41) is 7.84. The molecule has 0 spiro atoms. The highest BCUT2D eigenvalue weighted by atomic mass is 79.9. The smallest absolute Gasteiger partial charge is 0.123 e. The van der Waals surface area contributed by atoms with Crippen LogP contribution >= 0.6 is 15.9 Å². The first-order valence-electron chi connectivity index (χ1n) is 6.78. The quantitative estimate of drug-likeness (QED) is 0.817. The molecule has 3 nitrogen and oxygen atoms in total. The predicted octanol–water partition coefficient (Wildman–Crippen LogP) is 3.45. The van der Waals surface area contributed by atoms with E-state index in [-0.39, 0.29) is 5.82 Å². The fraction of sp³-hybridized carbons (Fsp3) is 0.400. The maximum absolute atomic E-state index is 13.1. The molecule has 1 heterocycles. The van der Waals surface area contributed by atoms with E-state index in [9.17, 15) is 4.39 Å². The van der Waals surface area contributed by atoms with Gasteiger partial charge in [-0.3, -0.25) is 4.68 Å². The second kappa shape index (κ2) is 6.99. The van der Waals surface area contributed by atoms with Crippen LogP contribution in [0.5, 0.6) is 0 Å². The van der Waals surface area contributed by atoms with E-state index >= 15 is 0 Å². The summed E-state index contributed by atoms with van der Waals surface area (Å²) in [5.41, 5.74) is 3.18. The van der Waals surface area contributed by atoms with E-state index in [2.05, 4.69) is 33.3 Å². The van der Waals surface area contributed by atoms with Gasteiger partial charge in [-0.15, -0.1) is 0 Å². The lowest BCUT2D eigenvalue weighted by molar-refractivity contribution is 0.578. The second-order valence-electron chi connectivity index (χ2n) is 4.72. The Bertz CT molecular complexity index is 580. The van der Waals surface area contributed by atoms with Crippen LogP contribution in [0.3, 0.4) is 0 Å². The van der Waals surface area contributed by atoms with Crippen molar-refractivity contribution in [2.75, 3.05) is 6.54 Å². The van der Waals surface area contributed by atoms with Gasteiger partial charge in [0.15, 0.2) is 0 Å². The zero-order chi connectivity index (χ0) is 14.5. The summed E-state index contributed by atoms with van der Waals surface area (Å²) in [7, 11) is 0. The summed E-state index contributed by atoms with van der Waals surface area (Å²) in [6.07, 6.45) is 0.814. The summed E-state index contributed by atoms with van der Waals surface area (Å²) in [6, 6.07) is 6.74. The topological polar surface area (TPSA) is 29.9 Å². The van der Waals surface area contributed by atoms with Crippen LogP contribution in [0.4, 0.5) is 4.39 Å². The van der Waals surface area contributed by atoms with Gasteiger partial charge in [-0.05, 0) is 60.4 Å². The largest absolute Gasteiger partial charge is 0.311 e. The Morgan fingerprint density at radius 1 is 1.40 bits per heavy atom. The highest BCUT2D eigenvalue weighted by Crippen LogP contribution is 2.20. The average Bonchev–Trinajstić information content (AvgIpc) is 2.71. The van der Waals surface area contributed by atoms with Gasteiger partial charge in [0.1, 0.15) is 5.82 Å². The van der Waals surface area contributed by atoms with Gasteiger partial charge < -0.3 is 5.32 Å². The molecule has 0 bridgehead atoms. The Morgan fingerprint density at radius 2 is 2.20 bits per heavy atom. The van der Waals surface area contributed by atoms with Crippen molar-refractivity contribution in [2.24, 2.45) is 0 Å². The van der Waals surface area contributed by atoms with E-state index in [0.717, 1.165) is 47.5 Å². The van der Waals surface area contributed by atoms with Crippen molar-refractivity contribution in [3.63, 3.8) is 0 Å². The highest BCUT2D eigenvalue weighted by molar-refractivity contribution is 9.10. The first kappa shape index (κ1) is 15.2. The van der Waals surface area contributed by atoms with Gasteiger partial charge in [0.2, 0.25) is 0 Å². The van der Waals surface area contributed by atoms with Gasteiger partial charge in [-0.2, -0.15) is 5.10 Å². The first-order valence-corrected chi connectivity index (χ1v) is 7.58. The van der Waals surface area contributed by atoms with Gasteiger partial charge >= 0.3 is 0 Å². The van der Waals surface area contributed by atoms with Crippen LogP contribution in [0.25, 0.3) is 0 Å². The molecule has 0 aliphatic carbocycles. The summed E-state index contributed by atoms with van der Waals surface area (Å²) in [5.74, 6) is -0.176. The summed E-state index contributed by atoms with van der Waals surface area (Å²) < 4.78 is 16.1. The second-order valence-corrected chi connectivity index (χ2v) is 5.51. The van der Waals surface area contributed by atoms with Crippen LogP contribution in [0.2, 0.25) is 0 Å². The Labute approximate surface area is 127 Å². The molecule has 108 valence electrons. The molecule has 0 saturated heterocycles. The summed E-state index contributed by atoms with van der Waals surface area (Å²) in [4.78, 5) is 0. The van der Waals surface area contributed by atoms with Crippen LogP contribution in [0.1, 0.15) is 23.9 Å². The van der Waals surface area contributed by atoms with Gasteiger partial charge in [0.25, 0.3) is 0 Å². The highest BCUT2D eigenvalue weighted by Gasteiger charge is 2.11. The number of nitrogens with one attached hydrogen (secondary N) is 1. The predicted molar refractivity (Wildman–Crippen MR) is 82.1 cm³/mol. The van der Waals surface area contributed by atoms with Crippen molar-refractivity contribution in [1.29, 1.82) is 0 Å². The molecule has 0 amide bonds. The van der Waals surface area contributed by atoms with E-state index in [1.54, 1.807) is 12.1 Å². The van der Waals surface area contributed by atoms with Gasteiger partial charge in [0.05, 0.1) is 15.9 Å². The maximum atomic E-state index is 13.1. The fourth-order valence-corrected chi connectivity index (χ4v) is 2.59. The van der Waals surface area contributed by atoms with Crippen LogP contribution in [0.15, 0.2) is 28.7 Å². The number of hydrogen-bond donors (Lipinski definition) is 1. The van der Waals surface area contributed by atoms with E-state index in [4.69, 9.17) is 0 Å². The minimum absolute atomic E-state index is 0.176. The molecular formula is C15H19BrFN3. The molecule has 5 heteroatoms. The molecule has 1 N–H and O–H groups in total. The Kier molecular flexibility index (Phi) is 5.31. The zero-order valence-electron chi connectivity index (χ0n) is 11.8. The van der Waals surface area contributed by atoms with Gasteiger partial charge in [-0.25, -0.2) is 4.39 Å². The summed E-state index contributed by atoms with van der Waals surface area (Å²) >= 11 is 3.58. The minimum Gasteiger partial charge on any atom is -0.311 e. The van der Waals surface area contributed by atoms with Crippen molar-refractivity contribution < 1.29 is 4.39 Å². The molecule has 2 rings (SSSR count). The molecule has 0 aliphatic rings. The zero-order valence-corrected chi connectivity index (χ0v) is 13.4. The van der Waals surface area contributed by atoms with Crippen molar-refractivity contribution in [3.05, 3.63) is 51.5 Å². The van der Waals surface area contributed by atoms with E-state index in [1.165, 1.54) is 6.07 Å². The van der Waals surface area contributed by atoms with Crippen molar-refractivity contribution in [3.8, 4) is 0 Å². The standard InChI is InChI=1S/C15H19BrFN3/c1-3-20-14(15(16)11(2)19-20)10-18-8-7-12-5-4-6-13(17)9-12/h4-6,9,18H,3,7-8,10H2,1-2H3. The van der Waals surface area contributed by atoms with Gasteiger partial charge in [-0.1, -0.05) is 12.1 Å². The van der Waals surface area contributed by atoms with Crippen molar-refractivity contribution >= 4 is 15.9 Å². The molecule has 0 saturated carbocycles. The first-order chi connectivity index (χ1) is 9.61. The molecular weight excluding hydrogens is 321 g/mol. The number of halogens is 2. The Morgan fingerprint density at radius 3 is 2.90 bits per heavy atom. The molecule has 1 aromatic heterocycles. The van der Waals surface area contributed by atoms with Crippen LogP contribution in [0, 0.1) is 12.7 Å². The number of benzene rings is 1. The normalized spacial score (nSPS) is 11.0. The minimum atomic E-state index is -0.176. The number of nitrogens with zero attached hydrogens (tertiary/aromatic N) is 2. The van der Waals surface area contributed by atoms with E-state index < -0.39 is 0 Å². The molecule has 20 heavy (non-hydrogen) atoms. The molecule has 0 fully saturated rings. The lowest BCUT2D eigenvalue weighted by Gasteiger charge is -2.08. The van der Waals surface area contributed by atoms with E-state index in [0.29, 0.717) is 0 Å². The Hall–Kier alpha value is -1.20.